The van der Waals surface area contributed by atoms with E-state index in [1.54, 1.807) is 24.5 Å². The first kappa shape index (κ1) is 15.1. The van der Waals surface area contributed by atoms with Crippen molar-refractivity contribution in [3.8, 4) is 0 Å². The van der Waals surface area contributed by atoms with Crippen LogP contribution in [0.25, 0.3) is 22.7 Å². The average Bonchev–Trinajstić information content (AvgIpc) is 2.90. The van der Waals surface area contributed by atoms with Crippen LogP contribution in [0.1, 0.15) is 23.7 Å². The predicted molar refractivity (Wildman–Crippen MR) is 96.0 cm³/mol. The number of nitrogens with zero attached hydrogens (tertiary/aromatic N) is 3. The molecule has 0 radical (unpaired) electrons. The second-order valence-corrected chi connectivity index (χ2v) is 6.47. The van der Waals surface area contributed by atoms with Crippen LogP contribution in [0.5, 0.6) is 0 Å². The molecular weight excluding hydrogens is 301 g/mol. The number of aromatic nitrogens is 2. The van der Waals surface area contributed by atoms with Gasteiger partial charge in [0.05, 0.1) is 5.52 Å². The zero-order valence-corrected chi connectivity index (χ0v) is 14.0. The maximum Gasteiger partial charge on any atom is 0.147 e. The molecule has 0 bridgehead atoms. The zero-order chi connectivity index (χ0) is 16.7. The van der Waals surface area contributed by atoms with Gasteiger partial charge in [-0.3, -0.25) is 4.98 Å². The van der Waals surface area contributed by atoms with E-state index < -0.39 is 0 Å². The van der Waals surface area contributed by atoms with Crippen LogP contribution in [0, 0.1) is 5.82 Å². The van der Waals surface area contributed by atoms with Crippen LogP contribution in [0.4, 0.5) is 4.39 Å². The topological polar surface area (TPSA) is 21.1 Å². The number of benzene rings is 1. The molecule has 122 valence electrons. The number of allylic oxidation sites excluding steroid dienone is 1. The Kier molecular flexibility index (Phi) is 3.69. The van der Waals surface area contributed by atoms with Gasteiger partial charge in [-0.2, -0.15) is 0 Å². The van der Waals surface area contributed by atoms with Gasteiger partial charge >= 0.3 is 0 Å². The van der Waals surface area contributed by atoms with Crippen LogP contribution < -0.4 is 0 Å². The summed E-state index contributed by atoms with van der Waals surface area (Å²) < 4.78 is 16.7. The first-order valence-corrected chi connectivity index (χ1v) is 8.22. The number of rotatable bonds is 2. The molecule has 0 saturated carbocycles. The summed E-state index contributed by atoms with van der Waals surface area (Å²) in [6, 6.07) is 9.34. The van der Waals surface area contributed by atoms with E-state index >= 15 is 0 Å². The van der Waals surface area contributed by atoms with Crippen molar-refractivity contribution >= 4 is 22.7 Å². The first-order valence-electron chi connectivity index (χ1n) is 8.22. The Morgan fingerprint density at radius 3 is 2.79 bits per heavy atom. The first-order chi connectivity index (χ1) is 11.6. The molecule has 1 aliphatic rings. The fourth-order valence-corrected chi connectivity index (χ4v) is 3.56. The smallest absolute Gasteiger partial charge is 0.147 e. The maximum atomic E-state index is 14.6. The minimum absolute atomic E-state index is 0.164. The molecule has 3 nitrogen and oxygen atoms in total. The molecule has 0 unspecified atom stereocenters. The quantitative estimate of drug-likeness (QED) is 0.706. The Labute approximate surface area is 141 Å². The van der Waals surface area contributed by atoms with Crippen LogP contribution in [-0.2, 0) is 13.0 Å². The van der Waals surface area contributed by atoms with E-state index in [0.717, 1.165) is 36.0 Å². The van der Waals surface area contributed by atoms with Crippen molar-refractivity contribution in [2.45, 2.75) is 19.9 Å². The number of hydrogen-bond donors (Lipinski definition) is 0. The van der Waals surface area contributed by atoms with E-state index in [1.807, 2.05) is 18.2 Å². The van der Waals surface area contributed by atoms with Crippen molar-refractivity contribution < 1.29 is 4.39 Å². The Balaban J connectivity index is 1.95. The molecule has 0 saturated heterocycles. The monoisotopic (exact) mass is 321 g/mol. The molecule has 0 amide bonds. The highest BCUT2D eigenvalue weighted by Gasteiger charge is 2.23. The van der Waals surface area contributed by atoms with Gasteiger partial charge in [0.2, 0.25) is 0 Å². The maximum absolute atomic E-state index is 14.6. The summed E-state index contributed by atoms with van der Waals surface area (Å²) in [5.74, 6) is -0.164. The lowest BCUT2D eigenvalue weighted by molar-refractivity contribution is 0.312. The summed E-state index contributed by atoms with van der Waals surface area (Å²) in [6.45, 7) is 3.92. The summed E-state index contributed by atoms with van der Waals surface area (Å²) >= 11 is 0. The van der Waals surface area contributed by atoms with Crippen LogP contribution in [0.3, 0.4) is 0 Å². The van der Waals surface area contributed by atoms with E-state index in [-0.39, 0.29) is 5.82 Å². The average molecular weight is 321 g/mol. The summed E-state index contributed by atoms with van der Waals surface area (Å²) in [5, 5.41) is 1.02. The second-order valence-electron chi connectivity index (χ2n) is 6.47. The molecule has 4 rings (SSSR count). The summed E-state index contributed by atoms with van der Waals surface area (Å²) in [6.07, 6.45) is 6.56. The molecule has 3 aromatic rings. The van der Waals surface area contributed by atoms with Gasteiger partial charge in [-0.15, -0.1) is 0 Å². The second kappa shape index (κ2) is 5.87. The van der Waals surface area contributed by atoms with Crippen LogP contribution in [-0.4, -0.2) is 28.0 Å². The van der Waals surface area contributed by atoms with E-state index in [4.69, 9.17) is 0 Å². The van der Waals surface area contributed by atoms with Gasteiger partial charge in [0.1, 0.15) is 5.82 Å². The van der Waals surface area contributed by atoms with E-state index in [1.165, 1.54) is 11.3 Å². The standard InChI is InChI=1S/C20H20FN3/c1-14(15-6-9-22-10-7-15)12-24-19-8-11-23(2)13-17(19)16-4-3-5-18(21)20(16)24/h3-7,9-10,12H,8,11,13H2,1-2H3/b14-12+. The van der Waals surface area contributed by atoms with Gasteiger partial charge in [-0.25, -0.2) is 4.39 Å². The molecule has 3 heterocycles. The van der Waals surface area contributed by atoms with Crippen molar-refractivity contribution in [1.29, 1.82) is 0 Å². The lowest BCUT2D eigenvalue weighted by Crippen LogP contribution is -2.26. The van der Waals surface area contributed by atoms with Gasteiger partial charge in [0.15, 0.2) is 0 Å². The van der Waals surface area contributed by atoms with Crippen LogP contribution in [0.15, 0.2) is 42.7 Å². The van der Waals surface area contributed by atoms with Crippen LogP contribution in [0.2, 0.25) is 0 Å². The van der Waals surface area contributed by atoms with Crippen molar-refractivity contribution in [2.75, 3.05) is 13.6 Å². The van der Waals surface area contributed by atoms with Gasteiger partial charge in [0.25, 0.3) is 0 Å². The van der Waals surface area contributed by atoms with Gasteiger partial charge in [-0.05, 0) is 48.9 Å². The SMILES string of the molecule is C/C(=C\n1c2c(c3cccc(F)c31)CN(C)CC2)c1ccncc1. The molecule has 2 aromatic heterocycles. The highest BCUT2D eigenvalue weighted by atomic mass is 19.1. The van der Waals surface area contributed by atoms with Gasteiger partial charge in [-0.1, -0.05) is 12.1 Å². The number of hydrogen-bond acceptors (Lipinski definition) is 2. The number of para-hydroxylation sites is 1. The molecule has 4 heteroatoms. The van der Waals surface area contributed by atoms with Gasteiger partial charge < -0.3 is 9.47 Å². The molecular formula is C20H20FN3. The largest absolute Gasteiger partial charge is 0.317 e. The molecule has 0 spiro atoms. The predicted octanol–water partition coefficient (Wildman–Crippen LogP) is 4.18. The molecule has 24 heavy (non-hydrogen) atoms. The lowest BCUT2D eigenvalue weighted by atomic mass is 10.0. The number of likely N-dealkylation sites (N-methyl/N-ethyl adjacent to an activating group) is 1. The third-order valence-electron chi connectivity index (χ3n) is 4.81. The molecule has 1 aromatic carbocycles. The van der Waals surface area contributed by atoms with Crippen LogP contribution >= 0.6 is 0 Å². The summed E-state index contributed by atoms with van der Waals surface area (Å²) in [7, 11) is 2.11. The number of halogens is 1. The highest BCUT2D eigenvalue weighted by molar-refractivity contribution is 5.90. The molecule has 0 N–H and O–H groups in total. The zero-order valence-electron chi connectivity index (χ0n) is 14.0. The normalized spacial score (nSPS) is 15.7. The van der Waals surface area contributed by atoms with Crippen molar-refractivity contribution in [3.05, 3.63) is 65.4 Å². The van der Waals surface area contributed by atoms with Crippen molar-refractivity contribution in [3.63, 3.8) is 0 Å². The minimum atomic E-state index is -0.164. The fraction of sp³-hybridized carbons (Fsp3) is 0.250. The Morgan fingerprint density at radius 1 is 1.21 bits per heavy atom. The van der Waals surface area contributed by atoms with E-state index in [9.17, 15) is 4.39 Å². The minimum Gasteiger partial charge on any atom is -0.317 e. The Hall–Kier alpha value is -2.46. The third-order valence-corrected chi connectivity index (χ3v) is 4.81. The summed E-state index contributed by atoms with van der Waals surface area (Å²) in [5.41, 5.74) is 5.36. The number of fused-ring (bicyclic) bond motifs is 3. The third kappa shape index (κ3) is 2.43. The lowest BCUT2D eigenvalue weighted by Gasteiger charge is -2.23. The Morgan fingerprint density at radius 2 is 2.00 bits per heavy atom. The highest BCUT2D eigenvalue weighted by Crippen LogP contribution is 2.33. The number of pyridine rings is 1. The van der Waals surface area contributed by atoms with E-state index in [0.29, 0.717) is 5.52 Å². The van der Waals surface area contributed by atoms with Gasteiger partial charge in [0, 0.05) is 49.2 Å². The Bertz CT molecular complexity index is 925. The van der Waals surface area contributed by atoms with Crippen molar-refractivity contribution in [2.24, 2.45) is 0 Å². The summed E-state index contributed by atoms with van der Waals surface area (Å²) in [4.78, 5) is 6.36. The molecule has 0 aliphatic carbocycles. The fourth-order valence-electron chi connectivity index (χ4n) is 3.56. The molecule has 1 aliphatic heterocycles. The van der Waals surface area contributed by atoms with Crippen molar-refractivity contribution in [1.82, 2.24) is 14.5 Å². The van der Waals surface area contributed by atoms with E-state index in [2.05, 4.69) is 34.6 Å². The molecule has 0 atom stereocenters. The molecule has 0 fully saturated rings.